The average Bonchev–Trinajstić information content (AvgIpc) is 2.38. The zero-order chi connectivity index (χ0) is 13.6. The van der Waals surface area contributed by atoms with Gasteiger partial charge in [-0.25, -0.2) is 8.42 Å². The van der Waals surface area contributed by atoms with E-state index in [1.807, 2.05) is 13.8 Å². The van der Waals surface area contributed by atoms with Gasteiger partial charge in [-0.05, 0) is 18.9 Å². The van der Waals surface area contributed by atoms with Crippen LogP contribution in [0.4, 0.5) is 5.69 Å². The lowest BCUT2D eigenvalue weighted by molar-refractivity contribution is 0.410. The fourth-order valence-electron chi connectivity index (χ4n) is 1.78. The zero-order valence-corrected chi connectivity index (χ0v) is 12.0. The molecule has 1 aromatic heterocycles. The first-order valence-corrected chi connectivity index (χ1v) is 7.63. The van der Waals surface area contributed by atoms with Crippen LogP contribution in [0.15, 0.2) is 23.4 Å². The minimum absolute atomic E-state index is 0.245. The normalized spacial score (nSPS) is 11.8. The summed E-state index contributed by atoms with van der Waals surface area (Å²) in [4.78, 5) is 4.16. The molecular formula is C12H21N3O2S. The maximum atomic E-state index is 12.5. The molecule has 0 aliphatic heterocycles. The molecule has 0 aliphatic rings. The molecule has 0 radical (unpaired) electrons. The third-order valence-electron chi connectivity index (χ3n) is 2.62. The Kier molecular flexibility index (Phi) is 5.55. The van der Waals surface area contributed by atoms with Crippen molar-refractivity contribution in [1.82, 2.24) is 9.29 Å². The molecule has 5 nitrogen and oxygen atoms in total. The van der Waals surface area contributed by atoms with E-state index in [0.29, 0.717) is 18.8 Å². The Labute approximate surface area is 109 Å². The van der Waals surface area contributed by atoms with Gasteiger partial charge in [0.1, 0.15) is 4.90 Å². The van der Waals surface area contributed by atoms with Gasteiger partial charge in [0.15, 0.2) is 0 Å². The highest BCUT2D eigenvalue weighted by Gasteiger charge is 2.25. The van der Waals surface area contributed by atoms with Gasteiger partial charge >= 0.3 is 0 Å². The Morgan fingerprint density at radius 3 is 2.39 bits per heavy atom. The molecule has 1 heterocycles. The van der Waals surface area contributed by atoms with Crippen LogP contribution in [-0.2, 0) is 10.0 Å². The van der Waals surface area contributed by atoms with Gasteiger partial charge in [0.2, 0.25) is 10.0 Å². The number of hydrogen-bond acceptors (Lipinski definition) is 4. The summed E-state index contributed by atoms with van der Waals surface area (Å²) < 4.78 is 26.6. The minimum Gasteiger partial charge on any atom is -0.387 e. The van der Waals surface area contributed by atoms with Gasteiger partial charge in [0, 0.05) is 32.5 Å². The van der Waals surface area contributed by atoms with E-state index in [0.717, 1.165) is 12.8 Å². The van der Waals surface area contributed by atoms with Crippen molar-refractivity contribution >= 4 is 15.7 Å². The SMILES string of the molecule is CCCN(CCC)S(=O)(=O)c1cnccc1NC. The molecule has 0 aliphatic carbocycles. The second kappa shape index (κ2) is 6.70. The van der Waals surface area contributed by atoms with Crippen LogP contribution in [0.25, 0.3) is 0 Å². The lowest BCUT2D eigenvalue weighted by Crippen LogP contribution is -2.33. The summed E-state index contributed by atoms with van der Waals surface area (Å²) in [5.41, 5.74) is 0.585. The van der Waals surface area contributed by atoms with Crippen molar-refractivity contribution in [3.05, 3.63) is 18.5 Å². The van der Waals surface area contributed by atoms with Crippen molar-refractivity contribution in [3.63, 3.8) is 0 Å². The number of rotatable bonds is 7. The first-order valence-electron chi connectivity index (χ1n) is 6.19. The Bertz CT molecular complexity index is 468. The Morgan fingerprint density at radius 2 is 1.89 bits per heavy atom. The third kappa shape index (κ3) is 3.20. The highest BCUT2D eigenvalue weighted by atomic mass is 32.2. The smallest absolute Gasteiger partial charge is 0.246 e. The fourth-order valence-corrected chi connectivity index (χ4v) is 3.55. The van der Waals surface area contributed by atoms with E-state index in [2.05, 4.69) is 10.3 Å². The van der Waals surface area contributed by atoms with Crippen molar-refractivity contribution in [2.24, 2.45) is 0 Å². The molecule has 18 heavy (non-hydrogen) atoms. The summed E-state index contributed by atoms with van der Waals surface area (Å²) in [5.74, 6) is 0. The molecule has 0 saturated carbocycles. The van der Waals surface area contributed by atoms with Crippen molar-refractivity contribution in [2.45, 2.75) is 31.6 Å². The number of anilines is 1. The Hall–Kier alpha value is -1.14. The summed E-state index contributed by atoms with van der Waals surface area (Å²) in [6.45, 7) is 5.02. The van der Waals surface area contributed by atoms with Gasteiger partial charge in [0.05, 0.1) is 5.69 Å². The number of aromatic nitrogens is 1. The average molecular weight is 271 g/mol. The van der Waals surface area contributed by atoms with Gasteiger partial charge in [0.25, 0.3) is 0 Å². The second-order valence-electron chi connectivity index (χ2n) is 4.03. The van der Waals surface area contributed by atoms with E-state index in [4.69, 9.17) is 0 Å². The van der Waals surface area contributed by atoms with Crippen molar-refractivity contribution < 1.29 is 8.42 Å². The molecule has 0 spiro atoms. The van der Waals surface area contributed by atoms with Crippen LogP contribution in [0.2, 0.25) is 0 Å². The quantitative estimate of drug-likeness (QED) is 0.823. The zero-order valence-electron chi connectivity index (χ0n) is 11.2. The Balaban J connectivity index is 3.17. The van der Waals surface area contributed by atoms with Crippen LogP contribution < -0.4 is 5.32 Å². The number of sulfonamides is 1. The van der Waals surface area contributed by atoms with Gasteiger partial charge < -0.3 is 5.32 Å². The molecule has 0 amide bonds. The standard InChI is InChI=1S/C12H21N3O2S/c1-4-8-15(9-5-2)18(16,17)12-10-14-7-6-11(12)13-3/h6-7,10H,4-5,8-9H2,1-3H3,(H,13,14). The van der Waals surface area contributed by atoms with Gasteiger partial charge in [-0.1, -0.05) is 13.8 Å². The van der Waals surface area contributed by atoms with Gasteiger partial charge in [-0.3, -0.25) is 4.98 Å². The molecular weight excluding hydrogens is 250 g/mol. The first kappa shape index (κ1) is 14.9. The van der Waals surface area contributed by atoms with Crippen LogP contribution in [0, 0.1) is 0 Å². The molecule has 0 unspecified atom stereocenters. The van der Waals surface area contributed by atoms with E-state index in [1.54, 1.807) is 19.3 Å². The minimum atomic E-state index is -3.46. The highest BCUT2D eigenvalue weighted by molar-refractivity contribution is 7.89. The van der Waals surface area contributed by atoms with Crippen LogP contribution in [0.1, 0.15) is 26.7 Å². The lowest BCUT2D eigenvalue weighted by Gasteiger charge is -2.22. The summed E-state index contributed by atoms with van der Waals surface area (Å²) in [6, 6.07) is 1.67. The second-order valence-corrected chi connectivity index (χ2v) is 5.93. The van der Waals surface area contributed by atoms with Crippen LogP contribution in [0.5, 0.6) is 0 Å². The summed E-state index contributed by atoms with van der Waals surface area (Å²) in [6.07, 6.45) is 4.58. The van der Waals surface area contributed by atoms with E-state index in [1.165, 1.54) is 10.5 Å². The van der Waals surface area contributed by atoms with Crippen molar-refractivity contribution in [2.75, 3.05) is 25.5 Å². The summed E-state index contributed by atoms with van der Waals surface area (Å²) in [7, 11) is -1.75. The van der Waals surface area contributed by atoms with Crippen LogP contribution in [-0.4, -0.2) is 37.8 Å². The molecule has 0 fully saturated rings. The molecule has 0 saturated heterocycles. The van der Waals surface area contributed by atoms with Crippen LogP contribution >= 0.6 is 0 Å². The third-order valence-corrected chi connectivity index (χ3v) is 4.54. The summed E-state index contributed by atoms with van der Waals surface area (Å²) >= 11 is 0. The number of pyridine rings is 1. The lowest BCUT2D eigenvalue weighted by atomic mass is 10.4. The molecule has 1 N–H and O–H groups in total. The molecule has 1 aromatic rings. The predicted octanol–water partition coefficient (Wildman–Crippen LogP) is 1.93. The maximum Gasteiger partial charge on any atom is 0.246 e. The molecule has 102 valence electrons. The fraction of sp³-hybridized carbons (Fsp3) is 0.583. The van der Waals surface area contributed by atoms with Crippen molar-refractivity contribution in [1.29, 1.82) is 0 Å². The topological polar surface area (TPSA) is 62.3 Å². The molecule has 0 bridgehead atoms. The summed E-state index contributed by atoms with van der Waals surface area (Å²) in [5, 5.41) is 2.89. The van der Waals surface area contributed by atoms with E-state index in [-0.39, 0.29) is 4.90 Å². The van der Waals surface area contributed by atoms with E-state index in [9.17, 15) is 8.42 Å². The number of nitrogens with zero attached hydrogens (tertiary/aromatic N) is 2. The monoisotopic (exact) mass is 271 g/mol. The largest absolute Gasteiger partial charge is 0.387 e. The maximum absolute atomic E-state index is 12.5. The van der Waals surface area contributed by atoms with Crippen molar-refractivity contribution in [3.8, 4) is 0 Å². The molecule has 0 aromatic carbocycles. The predicted molar refractivity (Wildman–Crippen MR) is 73.1 cm³/mol. The first-order chi connectivity index (χ1) is 8.57. The highest BCUT2D eigenvalue weighted by Crippen LogP contribution is 2.23. The van der Waals surface area contributed by atoms with Gasteiger partial charge in [-0.2, -0.15) is 4.31 Å². The Morgan fingerprint density at radius 1 is 1.28 bits per heavy atom. The van der Waals surface area contributed by atoms with Crippen LogP contribution in [0.3, 0.4) is 0 Å². The van der Waals surface area contributed by atoms with E-state index >= 15 is 0 Å². The molecule has 0 atom stereocenters. The number of nitrogens with one attached hydrogen (secondary N) is 1. The molecule has 6 heteroatoms. The van der Waals surface area contributed by atoms with E-state index < -0.39 is 10.0 Å². The number of hydrogen-bond donors (Lipinski definition) is 1. The van der Waals surface area contributed by atoms with Gasteiger partial charge in [-0.15, -0.1) is 0 Å². The molecule has 1 rings (SSSR count).